The summed E-state index contributed by atoms with van der Waals surface area (Å²) < 4.78 is 1.34. The van der Waals surface area contributed by atoms with Crippen molar-refractivity contribution in [2.75, 3.05) is 0 Å². The van der Waals surface area contributed by atoms with Crippen molar-refractivity contribution in [1.29, 1.82) is 0 Å². The molecule has 2 aromatic heterocycles. The molecule has 6 heteroatoms. The Labute approximate surface area is 136 Å². The van der Waals surface area contributed by atoms with Crippen molar-refractivity contribution >= 4 is 29.4 Å². The highest BCUT2D eigenvalue weighted by atomic mass is 32.1. The Kier molecular flexibility index (Phi) is 3.53. The van der Waals surface area contributed by atoms with Gasteiger partial charge in [0, 0.05) is 22.2 Å². The normalized spacial score (nSPS) is 13.2. The third-order valence-corrected chi connectivity index (χ3v) is 4.29. The van der Waals surface area contributed by atoms with Gasteiger partial charge in [-0.2, -0.15) is 9.99 Å². The van der Waals surface area contributed by atoms with Crippen molar-refractivity contribution in [3.63, 3.8) is 0 Å². The van der Waals surface area contributed by atoms with Gasteiger partial charge in [0.15, 0.2) is 5.75 Å². The lowest BCUT2D eigenvalue weighted by Gasteiger charge is -2.01. The number of fused-ring (bicyclic) bond motifs is 1. The first-order chi connectivity index (χ1) is 11.3. The number of hydrogen-bond donors (Lipinski definition) is 0. The smallest absolute Gasteiger partial charge is 0.278 e. The van der Waals surface area contributed by atoms with Crippen molar-refractivity contribution in [3.05, 3.63) is 69.7 Å². The monoisotopic (exact) mass is 324 g/mol. The minimum atomic E-state index is -0.185. The Balaban J connectivity index is 1.55. The van der Waals surface area contributed by atoms with Gasteiger partial charge in [0.05, 0.1) is 5.69 Å². The number of carbonyl (C=O) groups is 1. The quantitative estimate of drug-likeness (QED) is 0.690. The standard InChI is InChI=1S/C17H12N2O3S/c20-17(12-3-6-16-13(10-12)11-21-22-16)19-8-7-14(18-19)4-5-15-2-1-9-23-15/h1-10H,11H2. The fourth-order valence-corrected chi connectivity index (χ4v) is 2.91. The minimum absolute atomic E-state index is 0.185. The zero-order chi connectivity index (χ0) is 15.6. The van der Waals surface area contributed by atoms with Crippen LogP contribution in [0.3, 0.4) is 0 Å². The molecule has 3 heterocycles. The van der Waals surface area contributed by atoms with Gasteiger partial charge in [0.25, 0.3) is 5.91 Å². The SMILES string of the molecule is O=C(c1ccc2c(c1)COO2)n1ccc(C=Cc2cccs2)n1. The maximum atomic E-state index is 12.5. The molecule has 0 radical (unpaired) electrons. The fraction of sp³-hybridized carbons (Fsp3) is 0.0588. The molecule has 0 spiro atoms. The van der Waals surface area contributed by atoms with Crippen LogP contribution in [0.4, 0.5) is 0 Å². The summed E-state index contributed by atoms with van der Waals surface area (Å²) in [7, 11) is 0. The van der Waals surface area contributed by atoms with Crippen LogP contribution in [0.1, 0.15) is 26.5 Å². The van der Waals surface area contributed by atoms with E-state index < -0.39 is 0 Å². The first-order valence-corrected chi connectivity index (χ1v) is 7.92. The van der Waals surface area contributed by atoms with Crippen molar-refractivity contribution in [2.24, 2.45) is 0 Å². The van der Waals surface area contributed by atoms with Crippen molar-refractivity contribution in [2.45, 2.75) is 6.61 Å². The number of rotatable bonds is 3. The molecule has 1 aliphatic rings. The van der Waals surface area contributed by atoms with Crippen LogP contribution in [0.5, 0.6) is 5.75 Å². The summed E-state index contributed by atoms with van der Waals surface area (Å²) in [6.45, 7) is 0.352. The van der Waals surface area contributed by atoms with Gasteiger partial charge in [-0.15, -0.1) is 11.3 Å². The molecule has 114 valence electrons. The lowest BCUT2D eigenvalue weighted by atomic mass is 10.1. The number of hydrogen-bond acceptors (Lipinski definition) is 5. The molecular weight excluding hydrogens is 312 g/mol. The molecule has 0 saturated heterocycles. The van der Waals surface area contributed by atoms with Gasteiger partial charge in [-0.1, -0.05) is 6.07 Å². The van der Waals surface area contributed by atoms with Gasteiger partial charge in [-0.05, 0) is 47.9 Å². The Bertz CT molecular complexity index is 881. The summed E-state index contributed by atoms with van der Waals surface area (Å²) >= 11 is 1.65. The van der Waals surface area contributed by atoms with E-state index in [0.717, 1.165) is 16.1 Å². The molecule has 3 aromatic rings. The second-order valence-corrected chi connectivity index (χ2v) is 5.99. The lowest BCUT2D eigenvalue weighted by molar-refractivity contribution is -0.194. The molecule has 4 rings (SSSR count). The number of carbonyl (C=O) groups excluding carboxylic acids is 1. The van der Waals surface area contributed by atoms with E-state index in [1.54, 1.807) is 35.7 Å². The first kappa shape index (κ1) is 13.9. The highest BCUT2D eigenvalue weighted by Crippen LogP contribution is 2.27. The van der Waals surface area contributed by atoms with Crippen molar-refractivity contribution in [3.8, 4) is 5.75 Å². The van der Waals surface area contributed by atoms with E-state index in [4.69, 9.17) is 9.78 Å². The van der Waals surface area contributed by atoms with E-state index in [9.17, 15) is 4.79 Å². The Morgan fingerprint density at radius 1 is 1.26 bits per heavy atom. The molecule has 0 amide bonds. The maximum absolute atomic E-state index is 12.5. The molecule has 0 unspecified atom stereocenters. The van der Waals surface area contributed by atoms with Crippen molar-refractivity contribution < 1.29 is 14.6 Å². The van der Waals surface area contributed by atoms with Gasteiger partial charge in [-0.3, -0.25) is 4.79 Å². The van der Waals surface area contributed by atoms with Gasteiger partial charge in [-0.25, -0.2) is 4.68 Å². The third kappa shape index (κ3) is 2.81. The summed E-state index contributed by atoms with van der Waals surface area (Å²) in [5.41, 5.74) is 2.15. The second-order valence-electron chi connectivity index (χ2n) is 5.01. The molecular formula is C17H12N2O3S. The number of nitrogens with zero attached hydrogens (tertiary/aromatic N) is 2. The molecule has 0 bridgehead atoms. The maximum Gasteiger partial charge on any atom is 0.278 e. The molecule has 23 heavy (non-hydrogen) atoms. The van der Waals surface area contributed by atoms with Crippen LogP contribution in [0.25, 0.3) is 12.2 Å². The lowest BCUT2D eigenvalue weighted by Crippen LogP contribution is -2.12. The summed E-state index contributed by atoms with van der Waals surface area (Å²) in [5.74, 6) is 0.469. The van der Waals surface area contributed by atoms with Crippen LogP contribution < -0.4 is 4.89 Å². The van der Waals surface area contributed by atoms with E-state index in [0.29, 0.717) is 17.9 Å². The van der Waals surface area contributed by atoms with Crippen LogP contribution in [0.2, 0.25) is 0 Å². The zero-order valence-corrected chi connectivity index (χ0v) is 12.8. The molecule has 5 nitrogen and oxygen atoms in total. The largest absolute Gasteiger partial charge is 0.337 e. The third-order valence-electron chi connectivity index (χ3n) is 3.45. The van der Waals surface area contributed by atoms with E-state index in [1.807, 2.05) is 35.7 Å². The van der Waals surface area contributed by atoms with E-state index in [-0.39, 0.29) is 5.91 Å². The van der Waals surface area contributed by atoms with Gasteiger partial charge >= 0.3 is 0 Å². The topological polar surface area (TPSA) is 53.4 Å². The Hall–Kier alpha value is -2.70. The van der Waals surface area contributed by atoms with Crippen LogP contribution in [-0.4, -0.2) is 15.7 Å². The van der Waals surface area contributed by atoms with Crippen LogP contribution in [0.15, 0.2) is 48.0 Å². The van der Waals surface area contributed by atoms with Crippen molar-refractivity contribution in [1.82, 2.24) is 9.78 Å². The number of thiophene rings is 1. The van der Waals surface area contributed by atoms with Gasteiger partial charge in [0.2, 0.25) is 0 Å². The molecule has 0 fully saturated rings. The first-order valence-electron chi connectivity index (χ1n) is 7.04. The second kappa shape index (κ2) is 5.83. The highest BCUT2D eigenvalue weighted by Gasteiger charge is 2.17. The van der Waals surface area contributed by atoms with E-state index in [2.05, 4.69) is 5.10 Å². The highest BCUT2D eigenvalue weighted by molar-refractivity contribution is 7.10. The van der Waals surface area contributed by atoms with Gasteiger partial charge < -0.3 is 4.89 Å². The summed E-state index contributed by atoms with van der Waals surface area (Å²) in [6.07, 6.45) is 5.53. The van der Waals surface area contributed by atoms with Crippen LogP contribution >= 0.6 is 11.3 Å². The predicted molar refractivity (Wildman–Crippen MR) is 87.1 cm³/mol. The van der Waals surface area contributed by atoms with E-state index in [1.165, 1.54) is 4.68 Å². The molecule has 0 atom stereocenters. The fourth-order valence-electron chi connectivity index (χ4n) is 2.29. The minimum Gasteiger partial charge on any atom is -0.337 e. The average Bonchev–Trinajstić information content (AvgIpc) is 3.31. The van der Waals surface area contributed by atoms with Crippen LogP contribution in [-0.2, 0) is 11.5 Å². The van der Waals surface area contributed by atoms with E-state index >= 15 is 0 Å². The zero-order valence-electron chi connectivity index (χ0n) is 12.0. The predicted octanol–water partition coefficient (Wildman–Crippen LogP) is 3.63. The summed E-state index contributed by atoms with van der Waals surface area (Å²) in [5, 5.41) is 6.32. The molecule has 1 aromatic carbocycles. The average molecular weight is 324 g/mol. The number of aromatic nitrogens is 2. The molecule has 0 saturated carbocycles. The van der Waals surface area contributed by atoms with Gasteiger partial charge in [0.1, 0.15) is 6.61 Å². The Morgan fingerprint density at radius 3 is 3.09 bits per heavy atom. The molecule has 0 aliphatic carbocycles. The summed E-state index contributed by atoms with van der Waals surface area (Å²) in [6, 6.07) is 11.0. The molecule has 0 N–H and O–H groups in total. The Morgan fingerprint density at radius 2 is 2.22 bits per heavy atom. The van der Waals surface area contributed by atoms with Crippen LogP contribution in [0, 0.1) is 0 Å². The number of benzene rings is 1. The summed E-state index contributed by atoms with van der Waals surface area (Å²) in [4.78, 5) is 23.5. The molecule has 1 aliphatic heterocycles.